The van der Waals surface area contributed by atoms with Crippen molar-refractivity contribution in [2.75, 3.05) is 0 Å². The molecule has 0 radical (unpaired) electrons. The highest BCUT2D eigenvalue weighted by atomic mass is 16.5. The lowest BCUT2D eigenvalue weighted by molar-refractivity contribution is -0.789. The maximum Gasteiger partial charge on any atom is 0.150 e. The molecule has 0 fully saturated rings. The zero-order chi connectivity index (χ0) is 20.9. The first-order chi connectivity index (χ1) is 14.6. The number of hydrogen-bond acceptors (Lipinski definition) is 4. The number of benzene rings is 4. The average molecular weight is 399 g/mol. The van der Waals surface area contributed by atoms with Gasteiger partial charge in [-0.3, -0.25) is 5.17 Å². The third kappa shape index (κ3) is 4.55. The predicted molar refractivity (Wildman–Crippen MR) is 117 cm³/mol. The van der Waals surface area contributed by atoms with Crippen molar-refractivity contribution in [2.24, 2.45) is 5.84 Å². The van der Waals surface area contributed by atoms with E-state index < -0.39 is 5.17 Å². The van der Waals surface area contributed by atoms with Gasteiger partial charge in [-0.1, -0.05) is 18.2 Å². The highest BCUT2D eigenvalue weighted by Gasteiger charge is 2.08. The normalized spacial score (nSPS) is 12.9. The lowest BCUT2D eigenvalue weighted by Crippen LogP contribution is -3.08. The van der Waals surface area contributed by atoms with Crippen LogP contribution in [0.5, 0.6) is 11.5 Å². The minimum Gasteiger partial charge on any atom is -0.623 e. The van der Waals surface area contributed by atoms with Crippen molar-refractivity contribution in [2.45, 2.75) is 0 Å². The van der Waals surface area contributed by atoms with Crippen LogP contribution in [-0.2, 0) is 0 Å². The summed E-state index contributed by atoms with van der Waals surface area (Å²) in [5.74, 6) is 6.69. The molecule has 4 aromatic rings. The van der Waals surface area contributed by atoms with Gasteiger partial charge in [-0.15, -0.1) is 0 Å². The van der Waals surface area contributed by atoms with Crippen LogP contribution in [0.2, 0.25) is 0 Å². The molecule has 0 aromatic heterocycles. The van der Waals surface area contributed by atoms with Crippen LogP contribution in [0.25, 0.3) is 11.1 Å². The van der Waals surface area contributed by atoms with Crippen LogP contribution in [0.4, 0.5) is 17.1 Å². The molecule has 0 bridgehead atoms. The summed E-state index contributed by atoms with van der Waals surface area (Å²) >= 11 is 0. The van der Waals surface area contributed by atoms with Crippen molar-refractivity contribution in [3.8, 4) is 22.6 Å². The van der Waals surface area contributed by atoms with Gasteiger partial charge in [0, 0.05) is 36.4 Å². The fourth-order valence-electron chi connectivity index (χ4n) is 3.11. The number of hydrogen-bond donors (Lipinski definition) is 3. The van der Waals surface area contributed by atoms with Gasteiger partial charge in [0.25, 0.3) is 0 Å². The van der Waals surface area contributed by atoms with Crippen molar-refractivity contribution in [1.29, 1.82) is 0 Å². The standard InChI is InChI=1S/C24H21N3O3/c25-27(29)22-12-8-19(9-13-22)18-6-10-20(11-7-18)26(28)21-14-16-24(17-15-21)30-23-4-2-1-3-5-23/h1-17,26-27H,25H2. The molecule has 0 amide bonds. The van der Waals surface area contributed by atoms with E-state index in [1.54, 1.807) is 48.5 Å². The van der Waals surface area contributed by atoms with Crippen LogP contribution in [0.1, 0.15) is 0 Å². The number of nitrogens with two attached hydrogens (primary N) is 1. The van der Waals surface area contributed by atoms with E-state index in [2.05, 4.69) is 0 Å². The number of quaternary nitrogens is 2. The topological polar surface area (TPSA) is 90.2 Å². The molecule has 150 valence electrons. The highest BCUT2D eigenvalue weighted by Crippen LogP contribution is 2.24. The third-order valence-electron chi connectivity index (χ3n) is 4.75. The van der Waals surface area contributed by atoms with E-state index in [1.165, 1.54) is 0 Å². The van der Waals surface area contributed by atoms with Crippen LogP contribution in [0, 0.1) is 10.4 Å². The largest absolute Gasteiger partial charge is 0.623 e. The van der Waals surface area contributed by atoms with Gasteiger partial charge >= 0.3 is 0 Å². The van der Waals surface area contributed by atoms with Gasteiger partial charge in [-0.2, -0.15) is 5.84 Å². The van der Waals surface area contributed by atoms with E-state index in [1.807, 2.05) is 54.6 Å². The molecule has 0 aliphatic heterocycles. The first-order valence-corrected chi connectivity index (χ1v) is 9.48. The maximum absolute atomic E-state index is 12.8. The predicted octanol–water partition coefficient (Wildman–Crippen LogP) is 3.38. The molecule has 4 N–H and O–H groups in total. The van der Waals surface area contributed by atoms with Crippen LogP contribution < -0.4 is 20.8 Å². The average Bonchev–Trinajstić information content (AvgIpc) is 2.80. The molecule has 2 atom stereocenters. The Morgan fingerprint density at radius 2 is 0.967 bits per heavy atom. The summed E-state index contributed by atoms with van der Waals surface area (Å²) in [5, 5.41) is 23.5. The van der Waals surface area contributed by atoms with Gasteiger partial charge in [0.2, 0.25) is 0 Å². The minimum absolute atomic E-state index is 0.0584. The van der Waals surface area contributed by atoms with Crippen LogP contribution in [0.3, 0.4) is 0 Å². The summed E-state index contributed by atoms with van der Waals surface area (Å²) in [6.07, 6.45) is 0. The first-order valence-electron chi connectivity index (χ1n) is 9.48. The van der Waals surface area contributed by atoms with Gasteiger partial charge in [-0.05, 0) is 59.7 Å². The summed E-state index contributed by atoms with van der Waals surface area (Å²) in [6, 6.07) is 31.0. The van der Waals surface area contributed by atoms with E-state index in [-0.39, 0.29) is 5.06 Å². The Morgan fingerprint density at radius 1 is 0.533 bits per heavy atom. The Balaban J connectivity index is 1.46. The van der Waals surface area contributed by atoms with Crippen LogP contribution >= 0.6 is 0 Å². The van der Waals surface area contributed by atoms with Crippen molar-refractivity contribution >= 4 is 17.1 Å². The fourth-order valence-corrected chi connectivity index (χ4v) is 3.11. The summed E-state index contributed by atoms with van der Waals surface area (Å²) in [5.41, 5.74) is 3.55. The summed E-state index contributed by atoms with van der Waals surface area (Å²) in [6.45, 7) is 0. The van der Waals surface area contributed by atoms with Crippen molar-refractivity contribution in [1.82, 2.24) is 0 Å². The van der Waals surface area contributed by atoms with Crippen LogP contribution in [-0.4, -0.2) is 0 Å². The lowest BCUT2D eigenvalue weighted by Gasteiger charge is -2.21. The first kappa shape index (κ1) is 19.8. The quantitative estimate of drug-likeness (QED) is 0.342. The number of para-hydroxylation sites is 1. The van der Waals surface area contributed by atoms with Gasteiger partial charge in [0.1, 0.15) is 28.6 Å². The van der Waals surface area contributed by atoms with E-state index in [0.29, 0.717) is 22.8 Å². The molecule has 6 nitrogen and oxygen atoms in total. The SMILES string of the molecule is N[NH+]([O-])c1ccc(-c2ccc([NH+]([O-])c3ccc(Oc4ccccc4)cc3)cc2)cc1. The Labute approximate surface area is 174 Å². The fraction of sp³-hybridized carbons (Fsp3) is 0. The van der Waals surface area contributed by atoms with E-state index in [9.17, 15) is 10.4 Å². The Hall–Kier alpha value is -3.52. The Bertz CT molecular complexity index is 1080. The molecule has 6 heteroatoms. The summed E-state index contributed by atoms with van der Waals surface area (Å²) in [4.78, 5) is 0. The second-order valence-electron chi connectivity index (χ2n) is 6.79. The van der Waals surface area contributed by atoms with E-state index in [4.69, 9.17) is 10.6 Å². The van der Waals surface area contributed by atoms with E-state index in [0.717, 1.165) is 16.9 Å². The molecule has 4 rings (SSSR count). The molecule has 2 unspecified atom stereocenters. The maximum atomic E-state index is 12.8. The molecule has 0 spiro atoms. The zero-order valence-electron chi connectivity index (χ0n) is 16.1. The van der Waals surface area contributed by atoms with Crippen molar-refractivity contribution < 1.29 is 15.0 Å². The lowest BCUT2D eigenvalue weighted by atomic mass is 10.0. The second-order valence-corrected chi connectivity index (χ2v) is 6.79. The molecule has 0 heterocycles. The van der Waals surface area contributed by atoms with E-state index >= 15 is 0 Å². The van der Waals surface area contributed by atoms with Gasteiger partial charge in [0.15, 0.2) is 0 Å². The summed E-state index contributed by atoms with van der Waals surface area (Å²) in [7, 11) is 0. The number of nitrogen functional groups attached to an aromatic ring is 1. The van der Waals surface area contributed by atoms with Crippen LogP contribution in [0.15, 0.2) is 103 Å². The summed E-state index contributed by atoms with van der Waals surface area (Å²) < 4.78 is 5.77. The zero-order valence-corrected chi connectivity index (χ0v) is 16.1. The molecule has 0 saturated carbocycles. The van der Waals surface area contributed by atoms with Gasteiger partial charge in [0.05, 0.1) is 0 Å². The molecule has 4 aromatic carbocycles. The Morgan fingerprint density at radius 3 is 1.47 bits per heavy atom. The molecular weight excluding hydrogens is 378 g/mol. The molecule has 0 saturated heterocycles. The number of ether oxygens (including phenoxy) is 1. The van der Waals surface area contributed by atoms with Gasteiger partial charge in [-0.25, -0.2) is 0 Å². The molecule has 0 aliphatic rings. The second kappa shape index (κ2) is 8.87. The molecule has 30 heavy (non-hydrogen) atoms. The monoisotopic (exact) mass is 399 g/mol. The Kier molecular flexibility index (Phi) is 5.85. The number of rotatable bonds is 6. The van der Waals surface area contributed by atoms with Crippen molar-refractivity contribution in [3.63, 3.8) is 0 Å². The van der Waals surface area contributed by atoms with Crippen molar-refractivity contribution in [3.05, 3.63) is 114 Å². The molecular formula is C24H21N3O3. The minimum atomic E-state index is -0.456. The number of nitrogens with one attached hydrogen (secondary N) is 2. The third-order valence-corrected chi connectivity index (χ3v) is 4.75. The van der Waals surface area contributed by atoms with Gasteiger partial charge < -0.3 is 20.2 Å². The molecule has 0 aliphatic carbocycles. The highest BCUT2D eigenvalue weighted by molar-refractivity contribution is 5.66. The smallest absolute Gasteiger partial charge is 0.150 e.